The number of pyridine rings is 1. The number of hydrogen-bond donors (Lipinski definition) is 0. The number of fused-ring (bicyclic) bond motifs is 1. The largest absolute Gasteiger partial charge is 0.465 e. The summed E-state index contributed by atoms with van der Waals surface area (Å²) in [7, 11) is 2.96. The van der Waals surface area contributed by atoms with Crippen molar-refractivity contribution in [2.45, 2.75) is 65.7 Å². The molecule has 0 unspecified atom stereocenters. The van der Waals surface area contributed by atoms with Crippen LogP contribution in [-0.2, 0) is 27.2 Å². The molecule has 1 amide bonds. The number of ether oxygens (including phenoxy) is 3. The van der Waals surface area contributed by atoms with Crippen LogP contribution in [0, 0.1) is 11.8 Å². The Hall–Kier alpha value is -3.58. The van der Waals surface area contributed by atoms with Crippen molar-refractivity contribution < 1.29 is 28.6 Å². The number of hydrogen-bond acceptors (Lipinski definition) is 8. The van der Waals surface area contributed by atoms with Gasteiger partial charge < -0.3 is 24.0 Å². The maximum Gasteiger partial charge on any atom is 0.410 e. The Morgan fingerprint density at radius 3 is 2.35 bits per heavy atom. The van der Waals surface area contributed by atoms with Gasteiger partial charge in [-0.15, -0.1) is 0 Å². The van der Waals surface area contributed by atoms with E-state index in [4.69, 9.17) is 14.2 Å². The van der Waals surface area contributed by atoms with Crippen molar-refractivity contribution >= 4 is 39.8 Å². The number of esters is 2. The van der Waals surface area contributed by atoms with E-state index in [0.717, 1.165) is 11.1 Å². The summed E-state index contributed by atoms with van der Waals surface area (Å²) in [4.78, 5) is 45.7. The molecule has 1 aromatic heterocycles. The summed E-state index contributed by atoms with van der Waals surface area (Å²) in [6, 6.07) is 7.25. The molecule has 0 N–H and O–H groups in total. The molecule has 0 saturated carbocycles. The highest BCUT2D eigenvalue weighted by atomic mass is 79.9. The van der Waals surface area contributed by atoms with Crippen molar-refractivity contribution in [3.63, 3.8) is 0 Å². The molecule has 0 radical (unpaired) electrons. The summed E-state index contributed by atoms with van der Waals surface area (Å²) >= 11 is 3.40. The van der Waals surface area contributed by atoms with Crippen LogP contribution >= 0.6 is 15.9 Å². The Bertz CT molecular complexity index is 1360. The zero-order valence-electron chi connectivity index (χ0n) is 24.3. The number of carbonyl (C=O) groups excluding carboxylic acids is 3. The van der Waals surface area contributed by atoms with Crippen molar-refractivity contribution in [3.05, 3.63) is 56.7 Å². The van der Waals surface area contributed by atoms with Crippen LogP contribution in [0.4, 0.5) is 10.6 Å². The Kier molecular flexibility index (Phi) is 9.52. The molecule has 0 spiro atoms. The fraction of sp³-hybridized carbons (Fsp3) is 0.467. The number of rotatable bonds is 4. The Morgan fingerprint density at radius 1 is 1.05 bits per heavy atom. The number of aromatic nitrogens is 1. The summed E-state index contributed by atoms with van der Waals surface area (Å²) in [5.41, 5.74) is 1.81. The quantitative estimate of drug-likeness (QED) is 0.258. The van der Waals surface area contributed by atoms with E-state index in [9.17, 15) is 14.4 Å². The third kappa shape index (κ3) is 8.21. The molecule has 2 aromatic rings. The lowest BCUT2D eigenvalue weighted by Gasteiger charge is -2.31. The van der Waals surface area contributed by atoms with Gasteiger partial charge in [-0.05, 0) is 99.3 Å². The maximum absolute atomic E-state index is 12.8. The van der Waals surface area contributed by atoms with Crippen molar-refractivity contribution in [1.29, 1.82) is 0 Å². The van der Waals surface area contributed by atoms with Gasteiger partial charge in [0.05, 0.1) is 23.7 Å². The molecule has 40 heavy (non-hydrogen) atoms. The van der Waals surface area contributed by atoms with E-state index in [1.54, 1.807) is 60.7 Å². The van der Waals surface area contributed by atoms with Crippen LogP contribution in [0.5, 0.6) is 0 Å². The third-order valence-electron chi connectivity index (χ3n) is 5.75. The fourth-order valence-electron chi connectivity index (χ4n) is 3.97. The van der Waals surface area contributed by atoms with Gasteiger partial charge in [0.25, 0.3) is 0 Å². The van der Waals surface area contributed by atoms with Gasteiger partial charge in [0.1, 0.15) is 17.0 Å². The number of carbonyl (C=O) groups is 3. The molecule has 0 aliphatic carbocycles. The van der Waals surface area contributed by atoms with Crippen LogP contribution in [0.2, 0.25) is 0 Å². The van der Waals surface area contributed by atoms with Crippen molar-refractivity contribution in [1.82, 2.24) is 9.88 Å². The highest BCUT2D eigenvalue weighted by molar-refractivity contribution is 9.10. The summed E-state index contributed by atoms with van der Waals surface area (Å²) in [5.74, 6) is 5.66. The van der Waals surface area contributed by atoms with Gasteiger partial charge in [0.15, 0.2) is 5.69 Å². The van der Waals surface area contributed by atoms with Gasteiger partial charge in [0.2, 0.25) is 0 Å². The lowest BCUT2D eigenvalue weighted by molar-refractivity contribution is 0.00611. The van der Waals surface area contributed by atoms with Crippen molar-refractivity contribution in [3.8, 4) is 11.8 Å². The van der Waals surface area contributed by atoms with Crippen molar-refractivity contribution in [2.24, 2.45) is 0 Å². The Labute approximate surface area is 244 Å². The van der Waals surface area contributed by atoms with Gasteiger partial charge in [-0.1, -0.05) is 11.8 Å². The summed E-state index contributed by atoms with van der Waals surface area (Å²) in [6.45, 7) is 12.0. The van der Waals surface area contributed by atoms with Gasteiger partial charge >= 0.3 is 18.0 Å². The molecule has 1 aromatic carbocycles. The Balaban J connectivity index is 1.86. The van der Waals surface area contributed by atoms with Crippen LogP contribution in [-0.4, -0.2) is 66.4 Å². The first-order valence-electron chi connectivity index (χ1n) is 12.9. The third-order valence-corrected chi connectivity index (χ3v) is 6.39. The minimum absolute atomic E-state index is 0.169. The summed E-state index contributed by atoms with van der Waals surface area (Å²) < 4.78 is 16.5. The molecule has 3 rings (SSSR count). The normalized spacial score (nSPS) is 13.0. The first kappa shape index (κ1) is 31.0. The molecule has 0 fully saturated rings. The van der Waals surface area contributed by atoms with Crippen LogP contribution < -0.4 is 4.90 Å². The number of nitrogens with zero attached hydrogens (tertiary/aromatic N) is 3. The van der Waals surface area contributed by atoms with E-state index < -0.39 is 29.2 Å². The standard InChI is InChI=1S/C30H36BrN3O6/c1-29(2,3)39-27(36)25-23(31)11-12-24(32-25)34-15-13-20-16-19(17-21(22(20)18-34)26(35)38-8)10-9-14-33(7)28(37)40-30(4,5)6/h11-12,16-17H,13-15,18H2,1-8H3. The molecule has 10 heteroatoms. The first-order valence-corrected chi connectivity index (χ1v) is 13.7. The molecule has 0 saturated heterocycles. The average molecular weight is 615 g/mol. The molecule has 9 nitrogen and oxygen atoms in total. The highest BCUT2D eigenvalue weighted by Gasteiger charge is 2.27. The zero-order chi connectivity index (χ0) is 29.8. The SMILES string of the molecule is COC(=O)c1cc(C#CCN(C)C(=O)OC(C)(C)C)cc2c1CN(c1ccc(Br)c(C(=O)OC(C)(C)C)n1)CC2. The molecule has 1 aliphatic rings. The monoisotopic (exact) mass is 613 g/mol. The fourth-order valence-corrected chi connectivity index (χ4v) is 4.35. The zero-order valence-corrected chi connectivity index (χ0v) is 25.9. The van der Waals surface area contributed by atoms with E-state index in [1.165, 1.54) is 12.0 Å². The number of amides is 1. The minimum atomic E-state index is -0.653. The van der Waals surface area contributed by atoms with Crippen LogP contribution in [0.25, 0.3) is 0 Å². The van der Waals surface area contributed by atoms with Gasteiger partial charge in [-0.2, -0.15) is 0 Å². The van der Waals surface area contributed by atoms with Crippen LogP contribution in [0.1, 0.15) is 79.1 Å². The van der Waals surface area contributed by atoms with Gasteiger partial charge in [-0.25, -0.2) is 19.4 Å². The van der Waals surface area contributed by atoms with Crippen molar-refractivity contribution in [2.75, 3.05) is 32.1 Å². The van der Waals surface area contributed by atoms with E-state index in [1.807, 2.05) is 17.0 Å². The van der Waals surface area contributed by atoms with E-state index in [0.29, 0.717) is 40.9 Å². The highest BCUT2D eigenvalue weighted by Crippen LogP contribution is 2.30. The lowest BCUT2D eigenvalue weighted by Crippen LogP contribution is -2.34. The molecule has 1 aliphatic heterocycles. The molecule has 214 valence electrons. The smallest absolute Gasteiger partial charge is 0.410 e. The number of benzene rings is 1. The van der Waals surface area contributed by atoms with Gasteiger partial charge in [0, 0.05) is 25.7 Å². The maximum atomic E-state index is 12.8. The van der Waals surface area contributed by atoms with E-state index >= 15 is 0 Å². The molecule has 2 heterocycles. The first-order chi connectivity index (χ1) is 18.6. The van der Waals surface area contributed by atoms with Crippen LogP contribution in [0.15, 0.2) is 28.7 Å². The predicted octanol–water partition coefficient (Wildman–Crippen LogP) is 5.37. The number of methoxy groups -OCH3 is 1. The molecule has 0 bridgehead atoms. The molecular weight excluding hydrogens is 578 g/mol. The summed E-state index contributed by atoms with van der Waals surface area (Å²) in [6.07, 6.45) is 0.172. The topological polar surface area (TPSA) is 98.3 Å². The van der Waals surface area contributed by atoms with Crippen LogP contribution in [0.3, 0.4) is 0 Å². The molecule has 0 atom stereocenters. The average Bonchev–Trinajstić information content (AvgIpc) is 2.85. The predicted molar refractivity (Wildman–Crippen MR) is 155 cm³/mol. The van der Waals surface area contributed by atoms with E-state index in [2.05, 4.69) is 32.8 Å². The number of anilines is 1. The summed E-state index contributed by atoms with van der Waals surface area (Å²) in [5, 5.41) is 0. The second kappa shape index (κ2) is 12.3. The van der Waals surface area contributed by atoms with Gasteiger partial charge in [-0.3, -0.25) is 0 Å². The second-order valence-corrected chi connectivity index (χ2v) is 12.3. The molecular formula is C30H36BrN3O6. The Morgan fingerprint density at radius 2 is 1.73 bits per heavy atom. The minimum Gasteiger partial charge on any atom is -0.465 e. The lowest BCUT2D eigenvalue weighted by atomic mass is 9.92. The van der Waals surface area contributed by atoms with E-state index in [-0.39, 0.29) is 12.2 Å². The number of halogens is 1. The second-order valence-electron chi connectivity index (χ2n) is 11.5.